The molecule has 0 aromatic heterocycles. The van der Waals surface area contributed by atoms with Crippen molar-refractivity contribution >= 4 is 12.6 Å². The topological polar surface area (TPSA) is 3.24 Å². The van der Waals surface area contributed by atoms with Crippen LogP contribution in [0.2, 0.25) is 0 Å². The van der Waals surface area contributed by atoms with Gasteiger partial charge in [-0.05, 0) is 63.4 Å². The van der Waals surface area contributed by atoms with Gasteiger partial charge >= 0.3 is 0 Å². The molecule has 0 N–H and O–H groups in total. The molecule has 0 spiro atoms. The Labute approximate surface area is 101 Å². The lowest BCUT2D eigenvalue weighted by atomic mass is 9.98. The fraction of sp³-hybridized carbons (Fsp3) is 1.00. The van der Waals surface area contributed by atoms with Crippen molar-refractivity contribution in [1.29, 1.82) is 0 Å². The normalized spacial score (nSPS) is 24.0. The van der Waals surface area contributed by atoms with Gasteiger partial charge in [-0.1, -0.05) is 19.8 Å². The predicted octanol–water partition coefficient (Wildman–Crippen LogP) is 3.60. The van der Waals surface area contributed by atoms with Gasteiger partial charge < -0.3 is 4.90 Å². The van der Waals surface area contributed by atoms with Gasteiger partial charge in [0.15, 0.2) is 0 Å². The zero-order valence-corrected chi connectivity index (χ0v) is 11.1. The monoisotopic (exact) mass is 229 g/mol. The van der Waals surface area contributed by atoms with Crippen molar-refractivity contribution < 1.29 is 0 Å². The molecule has 1 aliphatic rings. The van der Waals surface area contributed by atoms with Crippen LogP contribution in [0.15, 0.2) is 0 Å². The van der Waals surface area contributed by atoms with E-state index in [1.807, 2.05) is 0 Å². The maximum Gasteiger partial charge on any atom is -0.00161 e. The van der Waals surface area contributed by atoms with Crippen molar-refractivity contribution in [3.05, 3.63) is 0 Å². The van der Waals surface area contributed by atoms with E-state index in [0.717, 1.165) is 11.7 Å². The largest absolute Gasteiger partial charge is 0.303 e. The van der Waals surface area contributed by atoms with Crippen LogP contribution in [0.4, 0.5) is 0 Å². The van der Waals surface area contributed by atoms with Crippen LogP contribution in [0.5, 0.6) is 0 Å². The highest BCUT2D eigenvalue weighted by molar-refractivity contribution is 7.80. The maximum absolute atomic E-state index is 4.25. The van der Waals surface area contributed by atoms with Crippen LogP contribution in [0, 0.1) is 5.92 Å². The van der Waals surface area contributed by atoms with Crippen LogP contribution >= 0.6 is 12.6 Å². The molecule has 1 nitrogen and oxygen atoms in total. The van der Waals surface area contributed by atoms with E-state index in [0.29, 0.717) is 0 Å². The first-order valence-corrected chi connectivity index (χ1v) is 7.33. The third-order valence-electron chi connectivity index (χ3n) is 3.65. The smallest absolute Gasteiger partial charge is 0.00161 e. The molecular formula is C13H27NS. The summed E-state index contributed by atoms with van der Waals surface area (Å²) in [5.74, 6) is 2.06. The molecule has 1 heterocycles. The number of hydrogen-bond acceptors (Lipinski definition) is 2. The summed E-state index contributed by atoms with van der Waals surface area (Å²) in [6.07, 6.45) is 9.72. The first-order valence-electron chi connectivity index (χ1n) is 6.70. The minimum atomic E-state index is 1.01. The Morgan fingerprint density at radius 2 is 2.00 bits per heavy atom. The third-order valence-corrected chi connectivity index (χ3v) is 3.97. The minimum absolute atomic E-state index is 1.01. The first kappa shape index (κ1) is 13.4. The zero-order chi connectivity index (χ0) is 10.9. The van der Waals surface area contributed by atoms with Crippen LogP contribution in [-0.4, -0.2) is 30.3 Å². The van der Waals surface area contributed by atoms with Crippen molar-refractivity contribution in [1.82, 2.24) is 4.90 Å². The van der Waals surface area contributed by atoms with Crippen molar-refractivity contribution in [2.45, 2.75) is 51.9 Å². The molecule has 0 aliphatic carbocycles. The second kappa shape index (κ2) is 8.46. The molecular weight excluding hydrogens is 202 g/mol. The summed E-state index contributed by atoms with van der Waals surface area (Å²) in [6, 6.07) is 0. The summed E-state index contributed by atoms with van der Waals surface area (Å²) >= 11 is 4.25. The fourth-order valence-corrected chi connectivity index (χ4v) is 2.70. The molecule has 0 amide bonds. The molecule has 15 heavy (non-hydrogen) atoms. The van der Waals surface area contributed by atoms with Crippen LogP contribution < -0.4 is 0 Å². The molecule has 1 unspecified atom stereocenters. The summed E-state index contributed by atoms with van der Waals surface area (Å²) in [7, 11) is 0. The SMILES string of the molecule is CCC1CCCN(CCCCCS)CC1. The van der Waals surface area contributed by atoms with Gasteiger partial charge in [0, 0.05) is 0 Å². The number of nitrogens with zero attached hydrogens (tertiary/aromatic N) is 1. The number of unbranched alkanes of at least 4 members (excludes halogenated alkanes) is 2. The highest BCUT2D eigenvalue weighted by atomic mass is 32.1. The molecule has 0 aromatic rings. The van der Waals surface area contributed by atoms with E-state index in [1.54, 1.807) is 0 Å². The minimum Gasteiger partial charge on any atom is -0.303 e. The molecule has 1 fully saturated rings. The lowest BCUT2D eigenvalue weighted by Gasteiger charge is -2.19. The number of thiol groups is 1. The molecule has 0 aromatic carbocycles. The van der Waals surface area contributed by atoms with Gasteiger partial charge in [-0.2, -0.15) is 12.6 Å². The fourth-order valence-electron chi connectivity index (χ4n) is 2.48. The molecule has 2 heteroatoms. The average Bonchev–Trinajstić information content (AvgIpc) is 2.49. The second-order valence-electron chi connectivity index (χ2n) is 4.83. The molecule has 0 bridgehead atoms. The van der Waals surface area contributed by atoms with E-state index in [9.17, 15) is 0 Å². The lowest BCUT2D eigenvalue weighted by Crippen LogP contribution is -2.26. The molecule has 1 atom stereocenters. The Hall–Kier alpha value is 0.310. The van der Waals surface area contributed by atoms with Gasteiger partial charge in [0.1, 0.15) is 0 Å². The maximum atomic E-state index is 4.25. The van der Waals surface area contributed by atoms with Crippen molar-refractivity contribution in [2.24, 2.45) is 5.92 Å². The number of hydrogen-bond donors (Lipinski definition) is 1. The van der Waals surface area contributed by atoms with Gasteiger partial charge in [0.2, 0.25) is 0 Å². The molecule has 1 saturated heterocycles. The highest BCUT2D eigenvalue weighted by Crippen LogP contribution is 2.20. The van der Waals surface area contributed by atoms with E-state index < -0.39 is 0 Å². The van der Waals surface area contributed by atoms with Gasteiger partial charge in [-0.3, -0.25) is 0 Å². The highest BCUT2D eigenvalue weighted by Gasteiger charge is 2.14. The van der Waals surface area contributed by atoms with Crippen molar-refractivity contribution in [3.63, 3.8) is 0 Å². The van der Waals surface area contributed by atoms with Gasteiger partial charge in [-0.15, -0.1) is 0 Å². The molecule has 1 aliphatic heterocycles. The van der Waals surface area contributed by atoms with E-state index >= 15 is 0 Å². The standard InChI is InChI=1S/C13H27NS/c1-2-13-7-6-10-14(11-8-13)9-4-3-5-12-15/h13,15H,2-12H2,1H3. The van der Waals surface area contributed by atoms with E-state index in [4.69, 9.17) is 0 Å². The zero-order valence-electron chi connectivity index (χ0n) is 10.2. The third kappa shape index (κ3) is 5.82. The van der Waals surface area contributed by atoms with E-state index in [2.05, 4.69) is 24.5 Å². The first-order chi connectivity index (χ1) is 7.36. The molecule has 1 rings (SSSR count). The quantitative estimate of drug-likeness (QED) is 0.538. The molecule has 90 valence electrons. The van der Waals surface area contributed by atoms with Crippen molar-refractivity contribution in [3.8, 4) is 0 Å². The van der Waals surface area contributed by atoms with Crippen molar-refractivity contribution in [2.75, 3.05) is 25.4 Å². The molecule has 0 radical (unpaired) electrons. The average molecular weight is 229 g/mol. The summed E-state index contributed by atoms with van der Waals surface area (Å²) in [4.78, 5) is 2.67. The van der Waals surface area contributed by atoms with E-state index in [1.165, 1.54) is 64.6 Å². The predicted molar refractivity (Wildman–Crippen MR) is 71.8 cm³/mol. The summed E-state index contributed by atoms with van der Waals surface area (Å²) in [6.45, 7) is 6.36. The van der Waals surface area contributed by atoms with E-state index in [-0.39, 0.29) is 0 Å². The molecule has 0 saturated carbocycles. The second-order valence-corrected chi connectivity index (χ2v) is 5.28. The Kier molecular flexibility index (Phi) is 7.54. The van der Waals surface area contributed by atoms with Gasteiger partial charge in [-0.25, -0.2) is 0 Å². The summed E-state index contributed by atoms with van der Waals surface area (Å²) < 4.78 is 0. The Bertz CT molecular complexity index is 149. The number of rotatable bonds is 6. The van der Waals surface area contributed by atoms with Gasteiger partial charge in [0.25, 0.3) is 0 Å². The summed E-state index contributed by atoms with van der Waals surface area (Å²) in [5.41, 5.74) is 0. The Morgan fingerprint density at radius 1 is 1.13 bits per heavy atom. The summed E-state index contributed by atoms with van der Waals surface area (Å²) in [5, 5.41) is 0. The Balaban J connectivity index is 2.08. The number of likely N-dealkylation sites (tertiary alicyclic amines) is 1. The Morgan fingerprint density at radius 3 is 2.73 bits per heavy atom. The van der Waals surface area contributed by atoms with Crippen LogP contribution in [0.1, 0.15) is 51.9 Å². The van der Waals surface area contributed by atoms with Crippen LogP contribution in [0.3, 0.4) is 0 Å². The van der Waals surface area contributed by atoms with Crippen LogP contribution in [0.25, 0.3) is 0 Å². The lowest BCUT2D eigenvalue weighted by molar-refractivity contribution is 0.274. The van der Waals surface area contributed by atoms with Gasteiger partial charge in [0.05, 0.1) is 0 Å². The van der Waals surface area contributed by atoms with Crippen LogP contribution in [-0.2, 0) is 0 Å².